The van der Waals surface area contributed by atoms with E-state index in [0.717, 1.165) is 11.3 Å². The molecular weight excluding hydrogens is 256 g/mol. The van der Waals surface area contributed by atoms with E-state index in [1.165, 1.54) is 0 Å². The monoisotopic (exact) mass is 272 g/mol. The Morgan fingerprint density at radius 3 is 2.65 bits per heavy atom. The molecule has 2 heterocycles. The first kappa shape index (κ1) is 12.8. The van der Waals surface area contributed by atoms with Gasteiger partial charge in [-0.3, -0.25) is 9.89 Å². The van der Waals surface area contributed by atoms with Crippen molar-refractivity contribution < 1.29 is 9.90 Å². The Morgan fingerprint density at radius 2 is 2.05 bits per heavy atom. The van der Waals surface area contributed by atoms with Gasteiger partial charge in [-0.2, -0.15) is 5.10 Å². The molecule has 1 aliphatic heterocycles. The van der Waals surface area contributed by atoms with E-state index in [1.54, 1.807) is 18.3 Å². The van der Waals surface area contributed by atoms with E-state index in [1.807, 2.05) is 18.2 Å². The minimum absolute atomic E-state index is 0.172. The van der Waals surface area contributed by atoms with Crippen LogP contribution in [0.5, 0.6) is 0 Å². The van der Waals surface area contributed by atoms with Crippen LogP contribution in [0, 0.1) is 0 Å². The maximum Gasteiger partial charge on any atom is 0.251 e. The Bertz CT molecular complexity index is 580. The van der Waals surface area contributed by atoms with E-state index < -0.39 is 6.10 Å². The number of hydrogen-bond acceptors (Lipinski definition) is 4. The molecule has 1 aliphatic rings. The summed E-state index contributed by atoms with van der Waals surface area (Å²) < 4.78 is 0. The quantitative estimate of drug-likeness (QED) is 0.640. The molecule has 0 bridgehead atoms. The van der Waals surface area contributed by atoms with Gasteiger partial charge in [0.25, 0.3) is 5.91 Å². The van der Waals surface area contributed by atoms with Crippen molar-refractivity contribution >= 4 is 5.91 Å². The highest BCUT2D eigenvalue weighted by atomic mass is 16.3. The van der Waals surface area contributed by atoms with Crippen molar-refractivity contribution in [1.29, 1.82) is 0 Å². The average molecular weight is 272 g/mol. The largest absolute Gasteiger partial charge is 0.390 e. The molecule has 1 aromatic heterocycles. The third kappa shape index (κ3) is 2.56. The Hall–Kier alpha value is -2.18. The number of aromatic amines is 1. The number of aliphatic hydroxyl groups is 1. The average Bonchev–Trinajstić information content (AvgIpc) is 3.12. The van der Waals surface area contributed by atoms with Crippen molar-refractivity contribution in [2.75, 3.05) is 13.1 Å². The predicted octanol–water partition coefficient (Wildman–Crippen LogP) is 0.139. The van der Waals surface area contributed by atoms with E-state index in [4.69, 9.17) is 0 Å². The highest BCUT2D eigenvalue weighted by Gasteiger charge is 2.26. The summed E-state index contributed by atoms with van der Waals surface area (Å²) in [4.78, 5) is 12.1. The lowest BCUT2D eigenvalue weighted by Gasteiger charge is -2.15. The summed E-state index contributed by atoms with van der Waals surface area (Å²) in [5.41, 5.74) is 2.46. The number of rotatable bonds is 3. The molecule has 1 saturated heterocycles. The second kappa shape index (κ2) is 5.44. The summed E-state index contributed by atoms with van der Waals surface area (Å²) in [5.74, 6) is -0.172. The van der Waals surface area contributed by atoms with E-state index in [0.29, 0.717) is 18.7 Å². The lowest BCUT2D eigenvalue weighted by Crippen LogP contribution is -2.42. The Morgan fingerprint density at radius 1 is 1.25 bits per heavy atom. The minimum Gasteiger partial charge on any atom is -0.390 e. The number of nitrogens with zero attached hydrogens (tertiary/aromatic N) is 1. The molecule has 0 saturated carbocycles. The van der Waals surface area contributed by atoms with Crippen LogP contribution in [-0.2, 0) is 0 Å². The van der Waals surface area contributed by atoms with Crippen LogP contribution in [-0.4, -0.2) is 46.4 Å². The zero-order chi connectivity index (χ0) is 13.9. The molecule has 4 N–H and O–H groups in total. The molecule has 6 heteroatoms. The van der Waals surface area contributed by atoms with Gasteiger partial charge in [0.15, 0.2) is 0 Å². The van der Waals surface area contributed by atoms with Crippen LogP contribution in [0.15, 0.2) is 36.5 Å². The first-order valence-electron chi connectivity index (χ1n) is 6.53. The van der Waals surface area contributed by atoms with Crippen LogP contribution < -0.4 is 10.6 Å². The maximum atomic E-state index is 12.1. The van der Waals surface area contributed by atoms with Crippen LogP contribution >= 0.6 is 0 Å². The van der Waals surface area contributed by atoms with Crippen LogP contribution in [0.4, 0.5) is 0 Å². The van der Waals surface area contributed by atoms with Crippen LogP contribution in [0.2, 0.25) is 0 Å². The highest BCUT2D eigenvalue weighted by Crippen LogP contribution is 2.16. The third-order valence-corrected chi connectivity index (χ3v) is 3.46. The second-order valence-corrected chi connectivity index (χ2v) is 4.85. The zero-order valence-electron chi connectivity index (χ0n) is 10.8. The Balaban J connectivity index is 1.69. The molecule has 0 aliphatic carbocycles. The molecular formula is C14H16N4O2. The number of carbonyl (C=O) groups excluding carboxylic acids is 1. The molecule has 20 heavy (non-hydrogen) atoms. The van der Waals surface area contributed by atoms with Gasteiger partial charge < -0.3 is 15.7 Å². The summed E-state index contributed by atoms with van der Waals surface area (Å²) in [6, 6.07) is 8.91. The van der Waals surface area contributed by atoms with E-state index >= 15 is 0 Å². The molecule has 104 valence electrons. The van der Waals surface area contributed by atoms with Gasteiger partial charge in [0.05, 0.1) is 17.8 Å². The lowest BCUT2D eigenvalue weighted by atomic mass is 10.1. The van der Waals surface area contributed by atoms with Gasteiger partial charge in [-0.25, -0.2) is 0 Å². The van der Waals surface area contributed by atoms with Gasteiger partial charge in [0.1, 0.15) is 0 Å². The highest BCUT2D eigenvalue weighted by molar-refractivity contribution is 5.94. The molecule has 1 aromatic carbocycles. The fraction of sp³-hybridized carbons (Fsp3) is 0.286. The number of β-amino-alcohol motifs (C(OH)–C–C–N with tert-alkyl or cyclic N) is 1. The van der Waals surface area contributed by atoms with Crippen LogP contribution in [0.1, 0.15) is 10.4 Å². The van der Waals surface area contributed by atoms with Crippen LogP contribution in [0.25, 0.3) is 11.3 Å². The molecule has 1 amide bonds. The van der Waals surface area contributed by atoms with Crippen molar-refractivity contribution in [3.05, 3.63) is 42.1 Å². The predicted molar refractivity (Wildman–Crippen MR) is 74.2 cm³/mol. The molecule has 0 unspecified atom stereocenters. The van der Waals surface area contributed by atoms with Gasteiger partial charge in [-0.1, -0.05) is 12.1 Å². The topological polar surface area (TPSA) is 90.0 Å². The van der Waals surface area contributed by atoms with E-state index in [2.05, 4.69) is 20.8 Å². The Kier molecular flexibility index (Phi) is 3.49. The zero-order valence-corrected chi connectivity index (χ0v) is 10.8. The number of nitrogens with one attached hydrogen (secondary N) is 3. The standard InChI is InChI=1S/C14H16N4O2/c19-13-8-15-7-12(13)17-14(20)10-3-1-9(2-4-10)11-5-6-16-18-11/h1-6,12-13,15,19H,7-8H2,(H,16,18)(H,17,20)/t12-,13-/m1/s1. The van der Waals surface area contributed by atoms with Gasteiger partial charge in [-0.15, -0.1) is 0 Å². The smallest absolute Gasteiger partial charge is 0.251 e. The summed E-state index contributed by atoms with van der Waals surface area (Å²) in [5, 5.41) is 22.3. The molecule has 6 nitrogen and oxygen atoms in total. The first-order chi connectivity index (χ1) is 9.74. The second-order valence-electron chi connectivity index (χ2n) is 4.85. The number of aromatic nitrogens is 2. The maximum absolute atomic E-state index is 12.1. The van der Waals surface area contributed by atoms with Crippen molar-refractivity contribution in [2.24, 2.45) is 0 Å². The molecule has 0 spiro atoms. The van der Waals surface area contributed by atoms with Crippen LogP contribution in [0.3, 0.4) is 0 Å². The molecule has 1 fully saturated rings. The van der Waals surface area contributed by atoms with E-state index in [-0.39, 0.29) is 11.9 Å². The molecule has 0 radical (unpaired) electrons. The summed E-state index contributed by atoms with van der Waals surface area (Å²) in [7, 11) is 0. The number of hydrogen-bond donors (Lipinski definition) is 4. The van der Waals surface area contributed by atoms with Crippen molar-refractivity contribution in [3.63, 3.8) is 0 Å². The minimum atomic E-state index is -0.525. The van der Waals surface area contributed by atoms with E-state index in [9.17, 15) is 9.90 Å². The van der Waals surface area contributed by atoms with Gasteiger partial charge in [0.2, 0.25) is 0 Å². The lowest BCUT2D eigenvalue weighted by molar-refractivity contribution is 0.0888. The summed E-state index contributed by atoms with van der Waals surface area (Å²) >= 11 is 0. The molecule has 2 aromatic rings. The fourth-order valence-corrected chi connectivity index (χ4v) is 2.28. The van der Waals surface area contributed by atoms with Crippen molar-refractivity contribution in [3.8, 4) is 11.3 Å². The Labute approximate surface area is 116 Å². The number of carbonyl (C=O) groups is 1. The molecule has 3 rings (SSSR count). The number of H-pyrrole nitrogens is 1. The third-order valence-electron chi connectivity index (χ3n) is 3.46. The van der Waals surface area contributed by atoms with Crippen molar-refractivity contribution in [2.45, 2.75) is 12.1 Å². The molecule has 2 atom stereocenters. The van der Waals surface area contributed by atoms with Gasteiger partial charge in [-0.05, 0) is 23.8 Å². The first-order valence-corrected chi connectivity index (χ1v) is 6.53. The SMILES string of the molecule is O=C(N[C@@H]1CNC[C@H]1O)c1ccc(-c2ccn[nH]2)cc1. The van der Waals surface area contributed by atoms with Crippen molar-refractivity contribution in [1.82, 2.24) is 20.8 Å². The summed E-state index contributed by atoms with van der Waals surface area (Å²) in [6.45, 7) is 1.11. The number of aliphatic hydroxyl groups excluding tert-OH is 1. The fourth-order valence-electron chi connectivity index (χ4n) is 2.28. The van der Waals surface area contributed by atoms with Gasteiger partial charge >= 0.3 is 0 Å². The number of amides is 1. The number of benzene rings is 1. The van der Waals surface area contributed by atoms with Gasteiger partial charge in [0, 0.05) is 24.8 Å². The summed E-state index contributed by atoms with van der Waals surface area (Å²) in [6.07, 6.45) is 1.16. The normalized spacial score (nSPS) is 21.9.